The van der Waals surface area contributed by atoms with Crippen molar-refractivity contribution in [1.29, 1.82) is 0 Å². The number of benzene rings is 1. The van der Waals surface area contributed by atoms with E-state index in [1.165, 1.54) is 7.11 Å². The number of nitrogens with zero attached hydrogens (tertiary/aromatic N) is 3. The number of fused-ring (bicyclic) bond motifs is 1. The van der Waals surface area contributed by atoms with Gasteiger partial charge in [-0.15, -0.1) is 0 Å². The predicted molar refractivity (Wildman–Crippen MR) is 151 cm³/mol. The summed E-state index contributed by atoms with van der Waals surface area (Å²) in [6.07, 6.45) is 3.38. The summed E-state index contributed by atoms with van der Waals surface area (Å²) in [4.78, 5) is 32.1. The van der Waals surface area contributed by atoms with Crippen LogP contribution >= 0.6 is 0 Å². The van der Waals surface area contributed by atoms with E-state index in [4.69, 9.17) is 18.6 Å². The molecule has 2 fully saturated rings. The van der Waals surface area contributed by atoms with Gasteiger partial charge in [-0.1, -0.05) is 13.8 Å². The molecular weight excluding hydrogens is 498 g/mol. The molecule has 1 aromatic heterocycles. The third-order valence-electron chi connectivity index (χ3n) is 7.51. The standard InChI is InChI=1S/C30H45N3O6/c1-7-11-33(21-9-16-37-17-10-21)25-19-26-24(27(23(25)8-2)28(34)36-6)18-22(38-26)20-31-12-14-32(15-13-31)29(35)39-30(3,4)5/h18-19,21H,7-17,20H2,1-6H3. The van der Waals surface area contributed by atoms with Crippen molar-refractivity contribution in [1.82, 2.24) is 9.80 Å². The van der Waals surface area contributed by atoms with E-state index in [-0.39, 0.29) is 12.1 Å². The Hall–Kier alpha value is -2.78. The zero-order valence-corrected chi connectivity index (χ0v) is 24.5. The maximum absolute atomic E-state index is 13.2. The van der Waals surface area contributed by atoms with Crippen LogP contribution in [-0.2, 0) is 27.2 Å². The van der Waals surface area contributed by atoms with Gasteiger partial charge in [0.05, 0.1) is 19.2 Å². The van der Waals surface area contributed by atoms with E-state index in [0.717, 1.165) is 74.5 Å². The number of amides is 1. The summed E-state index contributed by atoms with van der Waals surface area (Å²) >= 11 is 0. The van der Waals surface area contributed by atoms with Crippen LogP contribution in [0.1, 0.15) is 75.6 Å². The second-order valence-electron chi connectivity index (χ2n) is 11.5. The van der Waals surface area contributed by atoms with Gasteiger partial charge in [0.2, 0.25) is 0 Å². The Morgan fingerprint density at radius 1 is 1.08 bits per heavy atom. The van der Waals surface area contributed by atoms with E-state index in [1.54, 1.807) is 4.90 Å². The third-order valence-corrected chi connectivity index (χ3v) is 7.51. The summed E-state index contributed by atoms with van der Waals surface area (Å²) in [6, 6.07) is 4.47. The van der Waals surface area contributed by atoms with Crippen molar-refractivity contribution in [3.8, 4) is 0 Å². The quantitative estimate of drug-likeness (QED) is 0.419. The van der Waals surface area contributed by atoms with Crippen molar-refractivity contribution >= 4 is 28.7 Å². The van der Waals surface area contributed by atoms with Gasteiger partial charge >= 0.3 is 12.1 Å². The fraction of sp³-hybridized carbons (Fsp3) is 0.667. The lowest BCUT2D eigenvalue weighted by atomic mass is 9.96. The minimum absolute atomic E-state index is 0.269. The van der Waals surface area contributed by atoms with Crippen LogP contribution in [0.5, 0.6) is 0 Å². The lowest BCUT2D eigenvalue weighted by molar-refractivity contribution is 0.0134. The lowest BCUT2D eigenvalue weighted by Gasteiger charge is -2.37. The van der Waals surface area contributed by atoms with Crippen LogP contribution < -0.4 is 4.90 Å². The van der Waals surface area contributed by atoms with Gasteiger partial charge in [-0.05, 0) is 58.1 Å². The summed E-state index contributed by atoms with van der Waals surface area (Å²) in [5.74, 6) is 0.466. The molecule has 1 amide bonds. The molecule has 4 rings (SSSR count). The fourth-order valence-corrected chi connectivity index (χ4v) is 5.66. The second-order valence-corrected chi connectivity index (χ2v) is 11.5. The Balaban J connectivity index is 1.61. The summed E-state index contributed by atoms with van der Waals surface area (Å²) in [5, 5.41) is 0.799. The van der Waals surface area contributed by atoms with Gasteiger partial charge in [-0.25, -0.2) is 9.59 Å². The molecule has 9 heteroatoms. The monoisotopic (exact) mass is 543 g/mol. The highest BCUT2D eigenvalue weighted by Crippen LogP contribution is 2.37. The normalized spacial score (nSPS) is 17.4. The number of anilines is 1. The van der Waals surface area contributed by atoms with Crippen molar-refractivity contribution in [3.63, 3.8) is 0 Å². The van der Waals surface area contributed by atoms with Crippen LogP contribution in [0.25, 0.3) is 11.0 Å². The first-order chi connectivity index (χ1) is 18.6. The molecule has 9 nitrogen and oxygen atoms in total. The number of esters is 1. The highest BCUT2D eigenvalue weighted by atomic mass is 16.6. The topological polar surface area (TPSA) is 84.7 Å². The van der Waals surface area contributed by atoms with E-state index in [9.17, 15) is 9.59 Å². The molecule has 2 aliphatic rings. The van der Waals surface area contributed by atoms with E-state index in [0.29, 0.717) is 43.2 Å². The number of carbonyl (C=O) groups is 2. The summed E-state index contributed by atoms with van der Waals surface area (Å²) in [7, 11) is 1.44. The predicted octanol–water partition coefficient (Wildman–Crippen LogP) is 5.23. The van der Waals surface area contributed by atoms with Crippen molar-refractivity contribution in [2.75, 3.05) is 57.9 Å². The molecule has 0 saturated carbocycles. The highest BCUT2D eigenvalue weighted by molar-refractivity contribution is 6.07. The zero-order valence-electron chi connectivity index (χ0n) is 24.5. The number of furan rings is 1. The molecule has 0 unspecified atom stereocenters. The SMILES string of the molecule is CCCN(c1cc2oc(CN3CCN(C(=O)OC(C)(C)C)CC3)cc2c(C(=O)OC)c1CC)C1CCOCC1. The Kier molecular flexibility index (Phi) is 9.43. The van der Waals surface area contributed by atoms with Gasteiger partial charge < -0.3 is 28.4 Å². The molecule has 0 N–H and O–H groups in total. The number of hydrogen-bond donors (Lipinski definition) is 0. The van der Waals surface area contributed by atoms with Gasteiger partial charge in [-0.3, -0.25) is 4.90 Å². The van der Waals surface area contributed by atoms with Gasteiger partial charge in [-0.2, -0.15) is 0 Å². The van der Waals surface area contributed by atoms with E-state index >= 15 is 0 Å². The summed E-state index contributed by atoms with van der Waals surface area (Å²) < 4.78 is 22.8. The number of ether oxygens (including phenoxy) is 3. The molecular formula is C30H45N3O6. The molecule has 3 heterocycles. The van der Waals surface area contributed by atoms with Crippen LogP contribution in [0.4, 0.5) is 10.5 Å². The molecule has 2 aromatic rings. The molecule has 0 bridgehead atoms. The summed E-state index contributed by atoms with van der Waals surface area (Å²) in [6.45, 7) is 15.6. The average molecular weight is 544 g/mol. The number of piperazine rings is 1. The molecule has 39 heavy (non-hydrogen) atoms. The van der Waals surface area contributed by atoms with Gasteiger partial charge in [0.1, 0.15) is 16.9 Å². The molecule has 0 radical (unpaired) electrons. The van der Waals surface area contributed by atoms with E-state index in [2.05, 4.69) is 29.7 Å². The Bertz CT molecular complexity index is 1140. The van der Waals surface area contributed by atoms with Crippen molar-refractivity contribution in [2.45, 2.75) is 78.5 Å². The largest absolute Gasteiger partial charge is 0.465 e. The number of rotatable bonds is 8. The van der Waals surface area contributed by atoms with Gasteiger partial charge in [0, 0.05) is 69.1 Å². The van der Waals surface area contributed by atoms with Crippen molar-refractivity contribution in [3.05, 3.63) is 29.0 Å². The molecule has 0 spiro atoms. The molecule has 0 atom stereocenters. The van der Waals surface area contributed by atoms with Crippen molar-refractivity contribution < 1.29 is 28.2 Å². The fourth-order valence-electron chi connectivity index (χ4n) is 5.66. The first-order valence-corrected chi connectivity index (χ1v) is 14.4. The Labute approximate surface area is 232 Å². The second kappa shape index (κ2) is 12.6. The Morgan fingerprint density at radius 3 is 2.36 bits per heavy atom. The maximum atomic E-state index is 13.2. The van der Waals surface area contributed by atoms with Crippen LogP contribution in [0.15, 0.2) is 16.5 Å². The highest BCUT2D eigenvalue weighted by Gasteiger charge is 2.30. The first kappa shape index (κ1) is 29.2. The third kappa shape index (κ3) is 6.87. The van der Waals surface area contributed by atoms with Gasteiger partial charge in [0.15, 0.2) is 0 Å². The minimum Gasteiger partial charge on any atom is -0.465 e. The number of carbonyl (C=O) groups excluding carboxylic acids is 2. The number of hydrogen-bond acceptors (Lipinski definition) is 8. The maximum Gasteiger partial charge on any atom is 0.410 e. The van der Waals surface area contributed by atoms with Crippen LogP contribution in [0, 0.1) is 0 Å². The first-order valence-electron chi connectivity index (χ1n) is 14.4. The van der Waals surface area contributed by atoms with Crippen LogP contribution in [0.3, 0.4) is 0 Å². The zero-order chi connectivity index (χ0) is 28.2. The Morgan fingerprint density at radius 2 is 1.77 bits per heavy atom. The molecule has 2 saturated heterocycles. The molecule has 1 aromatic carbocycles. The van der Waals surface area contributed by atoms with Crippen LogP contribution in [0.2, 0.25) is 0 Å². The number of methoxy groups -OCH3 is 1. The molecule has 216 valence electrons. The van der Waals surface area contributed by atoms with Gasteiger partial charge in [0.25, 0.3) is 0 Å². The molecule has 0 aliphatic carbocycles. The minimum atomic E-state index is -0.506. The van der Waals surface area contributed by atoms with E-state index in [1.807, 2.05) is 26.8 Å². The average Bonchev–Trinajstić information content (AvgIpc) is 3.32. The summed E-state index contributed by atoms with van der Waals surface area (Å²) in [5.41, 5.74) is 2.87. The van der Waals surface area contributed by atoms with Crippen molar-refractivity contribution in [2.24, 2.45) is 0 Å². The lowest BCUT2D eigenvalue weighted by Crippen LogP contribution is -2.49. The van der Waals surface area contributed by atoms with E-state index < -0.39 is 5.60 Å². The smallest absolute Gasteiger partial charge is 0.410 e. The van der Waals surface area contributed by atoms with Crippen LogP contribution in [-0.4, -0.2) is 86.6 Å². The molecule has 2 aliphatic heterocycles.